The van der Waals surface area contributed by atoms with Crippen molar-refractivity contribution in [2.24, 2.45) is 0 Å². The topological polar surface area (TPSA) is 75.6 Å². The molecule has 1 aromatic heterocycles. The third kappa shape index (κ3) is 6.07. The number of nitrogens with one attached hydrogen (secondary N) is 1. The van der Waals surface area contributed by atoms with Gasteiger partial charge in [-0.15, -0.1) is 11.3 Å². The number of rotatable bonds is 4. The Labute approximate surface area is 124 Å². The van der Waals surface area contributed by atoms with E-state index in [9.17, 15) is 9.59 Å². The Bertz CT molecular complexity index is 467. The zero-order valence-corrected chi connectivity index (χ0v) is 13.3. The van der Waals surface area contributed by atoms with Crippen LogP contribution in [0.2, 0.25) is 0 Å². The van der Waals surface area contributed by atoms with Crippen LogP contribution >= 0.6 is 27.3 Å². The molecule has 106 valence electrons. The van der Waals surface area contributed by atoms with Crippen molar-refractivity contribution in [3.05, 3.63) is 20.8 Å². The van der Waals surface area contributed by atoms with Crippen molar-refractivity contribution in [1.29, 1.82) is 0 Å². The van der Waals surface area contributed by atoms with Gasteiger partial charge in [-0.2, -0.15) is 0 Å². The molecule has 0 spiro atoms. The molecule has 1 heterocycles. The third-order valence-electron chi connectivity index (χ3n) is 2.05. The Balaban J connectivity index is 2.63. The number of carboxylic acids is 1. The first-order valence-corrected chi connectivity index (χ1v) is 7.30. The number of halogens is 1. The van der Waals surface area contributed by atoms with Crippen LogP contribution in [0.4, 0.5) is 4.79 Å². The zero-order valence-electron chi connectivity index (χ0n) is 10.9. The van der Waals surface area contributed by atoms with Crippen LogP contribution in [0.15, 0.2) is 15.2 Å². The molecule has 0 aliphatic rings. The second-order valence-electron chi connectivity index (χ2n) is 5.00. The van der Waals surface area contributed by atoms with E-state index in [1.165, 1.54) is 11.3 Å². The highest BCUT2D eigenvalue weighted by molar-refractivity contribution is 9.11. The lowest BCUT2D eigenvalue weighted by molar-refractivity contribution is -0.139. The van der Waals surface area contributed by atoms with Crippen molar-refractivity contribution in [2.75, 3.05) is 0 Å². The van der Waals surface area contributed by atoms with Gasteiger partial charge in [0, 0.05) is 6.42 Å². The molecule has 0 aliphatic carbocycles. The monoisotopic (exact) mass is 349 g/mol. The molecule has 1 atom stereocenters. The second kappa shape index (κ2) is 6.38. The molecule has 0 fully saturated rings. The number of ether oxygens (including phenoxy) is 1. The molecule has 1 rings (SSSR count). The molecular weight excluding hydrogens is 334 g/mol. The Morgan fingerprint density at radius 3 is 2.58 bits per heavy atom. The first-order chi connectivity index (χ1) is 8.67. The number of hydrogen-bond acceptors (Lipinski definition) is 4. The summed E-state index contributed by atoms with van der Waals surface area (Å²) in [6.07, 6.45) is -0.509. The van der Waals surface area contributed by atoms with Crippen LogP contribution < -0.4 is 5.32 Å². The van der Waals surface area contributed by atoms with Gasteiger partial charge in [0.2, 0.25) is 0 Å². The number of carbonyl (C=O) groups excluding carboxylic acids is 1. The summed E-state index contributed by atoms with van der Waals surface area (Å²) < 4.78 is 5.96. The van der Waals surface area contributed by atoms with Crippen LogP contribution in [0.25, 0.3) is 0 Å². The lowest BCUT2D eigenvalue weighted by Gasteiger charge is -2.21. The molecule has 1 aromatic rings. The van der Waals surface area contributed by atoms with E-state index in [1.54, 1.807) is 20.8 Å². The lowest BCUT2D eigenvalue weighted by Crippen LogP contribution is -2.44. The molecule has 7 heteroatoms. The highest BCUT2D eigenvalue weighted by Crippen LogP contribution is 2.21. The van der Waals surface area contributed by atoms with Crippen LogP contribution in [-0.2, 0) is 16.0 Å². The minimum Gasteiger partial charge on any atom is -0.480 e. The molecule has 0 saturated heterocycles. The van der Waals surface area contributed by atoms with Crippen molar-refractivity contribution in [3.63, 3.8) is 0 Å². The SMILES string of the molecule is CC(C)(C)OC(=O)NC(Cc1csc(Br)c1)C(=O)O. The number of thiophene rings is 1. The fraction of sp³-hybridized carbons (Fsp3) is 0.500. The Morgan fingerprint density at radius 2 is 2.16 bits per heavy atom. The molecule has 0 aromatic carbocycles. The van der Waals surface area contributed by atoms with Gasteiger partial charge >= 0.3 is 12.1 Å². The number of carboxylic acid groups (broad SMARTS) is 1. The van der Waals surface area contributed by atoms with Gasteiger partial charge in [0.25, 0.3) is 0 Å². The quantitative estimate of drug-likeness (QED) is 0.875. The largest absolute Gasteiger partial charge is 0.480 e. The minimum atomic E-state index is -1.09. The van der Waals surface area contributed by atoms with E-state index in [-0.39, 0.29) is 6.42 Å². The first-order valence-electron chi connectivity index (χ1n) is 5.62. The molecule has 1 amide bonds. The molecule has 0 radical (unpaired) electrons. The number of aliphatic carboxylic acids is 1. The summed E-state index contributed by atoms with van der Waals surface area (Å²) in [6, 6.07) is 0.827. The van der Waals surface area contributed by atoms with Gasteiger partial charge in [0.05, 0.1) is 3.79 Å². The fourth-order valence-corrected chi connectivity index (χ4v) is 2.56. The summed E-state index contributed by atoms with van der Waals surface area (Å²) in [5.74, 6) is -1.09. The predicted octanol–water partition coefficient (Wildman–Crippen LogP) is 3.03. The van der Waals surface area contributed by atoms with Gasteiger partial charge < -0.3 is 15.2 Å². The van der Waals surface area contributed by atoms with Gasteiger partial charge in [-0.1, -0.05) is 0 Å². The number of carbonyl (C=O) groups is 2. The molecular formula is C12H16BrNO4S. The lowest BCUT2D eigenvalue weighted by atomic mass is 10.1. The smallest absolute Gasteiger partial charge is 0.408 e. The summed E-state index contributed by atoms with van der Waals surface area (Å²) in [5.41, 5.74) is 0.193. The normalized spacial score (nSPS) is 12.8. The van der Waals surface area contributed by atoms with Gasteiger partial charge in [0.15, 0.2) is 0 Å². The van der Waals surface area contributed by atoms with Crippen molar-refractivity contribution in [2.45, 2.75) is 38.8 Å². The Hall–Kier alpha value is -1.08. The fourth-order valence-electron chi connectivity index (χ4n) is 1.34. The van der Waals surface area contributed by atoms with Crippen molar-refractivity contribution in [3.8, 4) is 0 Å². The van der Waals surface area contributed by atoms with Crippen molar-refractivity contribution >= 4 is 39.3 Å². The van der Waals surface area contributed by atoms with Crippen LogP contribution in [0.5, 0.6) is 0 Å². The highest BCUT2D eigenvalue weighted by Gasteiger charge is 2.24. The van der Waals surface area contributed by atoms with E-state index in [1.807, 2.05) is 11.4 Å². The predicted molar refractivity (Wildman–Crippen MR) is 76.5 cm³/mol. The number of hydrogen-bond donors (Lipinski definition) is 2. The maximum atomic E-state index is 11.6. The van der Waals surface area contributed by atoms with E-state index in [2.05, 4.69) is 21.2 Å². The molecule has 0 aliphatic heterocycles. The summed E-state index contributed by atoms with van der Waals surface area (Å²) in [7, 11) is 0. The van der Waals surface area contributed by atoms with Crippen LogP contribution in [-0.4, -0.2) is 28.8 Å². The average Bonchev–Trinajstić information content (AvgIpc) is 2.60. The highest BCUT2D eigenvalue weighted by atomic mass is 79.9. The molecule has 19 heavy (non-hydrogen) atoms. The number of alkyl carbamates (subject to hydrolysis) is 1. The Morgan fingerprint density at radius 1 is 1.53 bits per heavy atom. The van der Waals surface area contributed by atoms with Gasteiger partial charge in [0.1, 0.15) is 11.6 Å². The first kappa shape index (κ1) is 16.0. The van der Waals surface area contributed by atoms with E-state index in [4.69, 9.17) is 9.84 Å². The van der Waals surface area contributed by atoms with Gasteiger partial charge in [-0.05, 0) is 53.7 Å². The summed E-state index contributed by atoms with van der Waals surface area (Å²) in [4.78, 5) is 22.7. The number of amides is 1. The molecule has 2 N–H and O–H groups in total. The van der Waals surface area contributed by atoms with Gasteiger partial charge in [-0.3, -0.25) is 0 Å². The van der Waals surface area contributed by atoms with Gasteiger partial charge in [-0.25, -0.2) is 9.59 Å². The summed E-state index contributed by atoms with van der Waals surface area (Å²) in [6.45, 7) is 5.16. The van der Waals surface area contributed by atoms with Crippen LogP contribution in [0.3, 0.4) is 0 Å². The second-order valence-corrected chi connectivity index (χ2v) is 7.29. The maximum Gasteiger partial charge on any atom is 0.408 e. The van der Waals surface area contributed by atoms with E-state index in [0.29, 0.717) is 0 Å². The molecule has 1 unspecified atom stereocenters. The van der Waals surface area contributed by atoms with Crippen LogP contribution in [0.1, 0.15) is 26.3 Å². The summed E-state index contributed by atoms with van der Waals surface area (Å²) >= 11 is 4.78. The Kier molecular flexibility index (Phi) is 5.37. The standard InChI is InChI=1S/C12H16BrNO4S/c1-12(2,3)18-11(17)14-8(10(15)16)4-7-5-9(13)19-6-7/h5-6,8H,4H2,1-3H3,(H,14,17)(H,15,16). The van der Waals surface area contributed by atoms with E-state index >= 15 is 0 Å². The van der Waals surface area contributed by atoms with E-state index in [0.717, 1.165) is 9.35 Å². The van der Waals surface area contributed by atoms with Crippen molar-refractivity contribution < 1.29 is 19.4 Å². The minimum absolute atomic E-state index is 0.219. The molecule has 0 saturated carbocycles. The molecule has 0 bridgehead atoms. The van der Waals surface area contributed by atoms with Crippen molar-refractivity contribution in [1.82, 2.24) is 5.32 Å². The maximum absolute atomic E-state index is 11.6. The summed E-state index contributed by atoms with van der Waals surface area (Å²) in [5, 5.41) is 13.3. The average molecular weight is 350 g/mol. The molecule has 5 nitrogen and oxygen atoms in total. The van der Waals surface area contributed by atoms with Crippen LogP contribution in [0, 0.1) is 0 Å². The van der Waals surface area contributed by atoms with E-state index < -0.39 is 23.7 Å². The third-order valence-corrected chi connectivity index (χ3v) is 3.60. The zero-order chi connectivity index (χ0) is 14.6.